The van der Waals surface area contributed by atoms with Gasteiger partial charge in [0.25, 0.3) is 0 Å². The summed E-state index contributed by atoms with van der Waals surface area (Å²) in [7, 11) is 3.51. The lowest BCUT2D eigenvalue weighted by molar-refractivity contribution is 0.133. The number of halogens is 1. The Labute approximate surface area is 151 Å². The third kappa shape index (κ3) is 3.26. The maximum Gasteiger partial charge on any atom is 0.165 e. The van der Waals surface area contributed by atoms with E-state index >= 15 is 0 Å². The van der Waals surface area contributed by atoms with Crippen molar-refractivity contribution in [3.05, 3.63) is 46.2 Å². The van der Waals surface area contributed by atoms with Crippen LogP contribution in [0.3, 0.4) is 0 Å². The van der Waals surface area contributed by atoms with E-state index in [9.17, 15) is 5.11 Å². The van der Waals surface area contributed by atoms with Gasteiger partial charge in [0.05, 0.1) is 19.0 Å². The third-order valence-corrected chi connectivity index (χ3v) is 5.26. The number of aliphatic hydroxyl groups is 1. The van der Waals surface area contributed by atoms with Crippen LogP contribution in [0.25, 0.3) is 0 Å². The maximum atomic E-state index is 10.2. The SMILES string of the molecule is C=C(NC)N1C/C=C/[C@H](O)CC2Cc3c(c(Br)cc(OC)c3O2)C1. The lowest BCUT2D eigenvalue weighted by Gasteiger charge is -2.27. The summed E-state index contributed by atoms with van der Waals surface area (Å²) in [6.45, 7) is 5.46. The topological polar surface area (TPSA) is 54.0 Å². The van der Waals surface area contributed by atoms with Crippen LogP contribution in [0, 0.1) is 0 Å². The molecule has 1 aromatic carbocycles. The minimum absolute atomic E-state index is 0.0411. The van der Waals surface area contributed by atoms with Gasteiger partial charge in [-0.3, -0.25) is 0 Å². The molecule has 0 aliphatic carbocycles. The Hall–Kier alpha value is -1.66. The van der Waals surface area contributed by atoms with E-state index in [1.165, 1.54) is 5.56 Å². The van der Waals surface area contributed by atoms with Crippen LogP contribution in [0.4, 0.5) is 0 Å². The number of ether oxygens (including phenoxy) is 2. The van der Waals surface area contributed by atoms with E-state index in [2.05, 4.69) is 32.7 Å². The van der Waals surface area contributed by atoms with Crippen molar-refractivity contribution in [1.29, 1.82) is 0 Å². The Kier molecular flexibility index (Phi) is 5.06. The van der Waals surface area contributed by atoms with E-state index in [-0.39, 0.29) is 6.10 Å². The number of nitrogens with one attached hydrogen (secondary N) is 1. The molecular weight excluding hydrogens is 372 g/mol. The van der Waals surface area contributed by atoms with Crippen LogP contribution in [-0.4, -0.2) is 42.9 Å². The summed E-state index contributed by atoms with van der Waals surface area (Å²) in [6.07, 6.45) is 4.59. The van der Waals surface area contributed by atoms with Gasteiger partial charge in [-0.2, -0.15) is 0 Å². The molecule has 0 saturated carbocycles. The zero-order valence-corrected chi connectivity index (χ0v) is 15.6. The first-order valence-electron chi connectivity index (χ1n) is 8.04. The average Bonchev–Trinajstić information content (AvgIpc) is 2.96. The van der Waals surface area contributed by atoms with Crippen molar-refractivity contribution in [1.82, 2.24) is 10.2 Å². The monoisotopic (exact) mass is 394 g/mol. The summed E-state index contributed by atoms with van der Waals surface area (Å²) in [5, 5.41) is 13.3. The minimum Gasteiger partial charge on any atom is -0.493 e. The molecule has 2 N–H and O–H groups in total. The third-order valence-electron chi connectivity index (χ3n) is 4.55. The molecule has 130 valence electrons. The van der Waals surface area contributed by atoms with Crippen molar-refractivity contribution < 1.29 is 14.6 Å². The molecule has 3 rings (SSSR count). The van der Waals surface area contributed by atoms with Crippen LogP contribution in [0.5, 0.6) is 11.5 Å². The second kappa shape index (κ2) is 7.07. The Bertz CT molecular complexity index is 675. The molecule has 2 aliphatic rings. The van der Waals surface area contributed by atoms with Crippen LogP contribution in [0.1, 0.15) is 17.5 Å². The fourth-order valence-corrected chi connectivity index (χ4v) is 3.82. The number of hydrogen-bond acceptors (Lipinski definition) is 5. The molecule has 2 atom stereocenters. The van der Waals surface area contributed by atoms with Crippen LogP contribution in [0.15, 0.2) is 35.1 Å². The van der Waals surface area contributed by atoms with Gasteiger partial charge in [-0.1, -0.05) is 34.7 Å². The summed E-state index contributed by atoms with van der Waals surface area (Å²) >= 11 is 3.68. The molecule has 0 aromatic heterocycles. The highest BCUT2D eigenvalue weighted by Crippen LogP contribution is 2.44. The van der Waals surface area contributed by atoms with Crippen LogP contribution < -0.4 is 14.8 Å². The molecule has 0 saturated heterocycles. The smallest absolute Gasteiger partial charge is 0.165 e. The van der Waals surface area contributed by atoms with Gasteiger partial charge in [-0.15, -0.1) is 0 Å². The summed E-state index contributed by atoms with van der Waals surface area (Å²) in [4.78, 5) is 2.13. The van der Waals surface area contributed by atoms with Gasteiger partial charge in [-0.25, -0.2) is 0 Å². The Morgan fingerprint density at radius 1 is 1.50 bits per heavy atom. The van der Waals surface area contributed by atoms with Crippen molar-refractivity contribution in [3.8, 4) is 11.5 Å². The molecule has 0 radical (unpaired) electrons. The van der Waals surface area contributed by atoms with Gasteiger partial charge in [0.2, 0.25) is 0 Å². The first-order chi connectivity index (χ1) is 11.5. The highest BCUT2D eigenvalue weighted by atomic mass is 79.9. The number of hydrogen-bond donors (Lipinski definition) is 2. The second-order valence-corrected chi connectivity index (χ2v) is 6.95. The molecular formula is C18H23BrN2O3. The van der Waals surface area contributed by atoms with E-state index in [1.807, 2.05) is 25.3 Å². The van der Waals surface area contributed by atoms with Gasteiger partial charge >= 0.3 is 0 Å². The van der Waals surface area contributed by atoms with Crippen LogP contribution >= 0.6 is 15.9 Å². The summed E-state index contributed by atoms with van der Waals surface area (Å²) in [5.74, 6) is 2.36. The molecule has 6 heteroatoms. The number of aliphatic hydroxyl groups excluding tert-OH is 1. The van der Waals surface area contributed by atoms with Crippen molar-refractivity contribution in [2.75, 3.05) is 20.7 Å². The average molecular weight is 395 g/mol. The molecule has 0 spiro atoms. The zero-order valence-electron chi connectivity index (χ0n) is 14.0. The van der Waals surface area contributed by atoms with Crippen molar-refractivity contribution in [2.24, 2.45) is 0 Å². The summed E-state index contributed by atoms with van der Waals surface area (Å²) < 4.78 is 12.6. The lowest BCUT2D eigenvalue weighted by Crippen LogP contribution is -2.29. The zero-order chi connectivity index (χ0) is 17.3. The minimum atomic E-state index is -0.523. The molecule has 1 aromatic rings. The van der Waals surface area contributed by atoms with Gasteiger partial charge in [0, 0.05) is 43.0 Å². The number of methoxy groups -OCH3 is 1. The maximum absolute atomic E-state index is 10.2. The first-order valence-corrected chi connectivity index (χ1v) is 8.84. The quantitative estimate of drug-likeness (QED) is 0.771. The van der Waals surface area contributed by atoms with E-state index < -0.39 is 6.10 Å². The Morgan fingerprint density at radius 3 is 3.00 bits per heavy atom. The number of fused-ring (bicyclic) bond motifs is 1. The second-order valence-electron chi connectivity index (χ2n) is 6.10. The lowest BCUT2D eigenvalue weighted by atomic mass is 10.00. The number of nitrogens with zero attached hydrogens (tertiary/aromatic N) is 1. The largest absolute Gasteiger partial charge is 0.493 e. The van der Waals surface area contributed by atoms with E-state index in [0.29, 0.717) is 19.5 Å². The molecule has 2 heterocycles. The molecule has 1 unspecified atom stereocenters. The summed E-state index contributed by atoms with van der Waals surface area (Å²) in [6, 6.07) is 1.95. The van der Waals surface area contributed by atoms with Crippen LogP contribution in [0.2, 0.25) is 0 Å². The molecule has 5 nitrogen and oxygen atoms in total. The molecule has 2 aliphatic heterocycles. The Balaban J connectivity index is 2.07. The predicted molar refractivity (Wildman–Crippen MR) is 97.2 cm³/mol. The highest BCUT2D eigenvalue weighted by Gasteiger charge is 2.32. The first kappa shape index (κ1) is 17.2. The normalized spacial score (nSPS) is 23.9. The highest BCUT2D eigenvalue weighted by molar-refractivity contribution is 9.10. The number of rotatable bonds is 3. The van der Waals surface area contributed by atoms with Gasteiger partial charge < -0.3 is 24.8 Å². The van der Waals surface area contributed by atoms with Crippen molar-refractivity contribution in [3.63, 3.8) is 0 Å². The molecule has 0 fully saturated rings. The molecule has 0 amide bonds. The van der Waals surface area contributed by atoms with Crippen molar-refractivity contribution >= 4 is 15.9 Å². The summed E-state index contributed by atoms with van der Waals surface area (Å²) in [5.41, 5.74) is 2.32. The van der Waals surface area contributed by atoms with Gasteiger partial charge in [0.1, 0.15) is 6.10 Å². The fourth-order valence-electron chi connectivity index (χ4n) is 3.25. The Morgan fingerprint density at radius 2 is 2.29 bits per heavy atom. The van der Waals surface area contributed by atoms with Crippen molar-refractivity contribution in [2.45, 2.75) is 31.6 Å². The van der Waals surface area contributed by atoms with E-state index in [1.54, 1.807) is 7.11 Å². The van der Waals surface area contributed by atoms with E-state index in [0.717, 1.165) is 33.8 Å². The van der Waals surface area contributed by atoms with Gasteiger partial charge in [0.15, 0.2) is 11.5 Å². The number of benzene rings is 1. The fraction of sp³-hybridized carbons (Fsp3) is 0.444. The predicted octanol–water partition coefficient (Wildman–Crippen LogP) is 2.57. The standard InChI is InChI=1S/C18H23BrN2O3/c1-11(20-2)21-6-4-5-12(22)7-13-8-14-15(10-21)16(19)9-17(23-3)18(14)24-13/h4-5,9,12-13,20,22H,1,6-8,10H2,2-3H3/b5-4+/t12-,13?/m0/s1. The van der Waals surface area contributed by atoms with Gasteiger partial charge in [-0.05, 0) is 11.6 Å². The van der Waals surface area contributed by atoms with Crippen LogP contribution in [-0.2, 0) is 13.0 Å². The van der Waals surface area contributed by atoms with E-state index in [4.69, 9.17) is 9.47 Å². The molecule has 24 heavy (non-hydrogen) atoms. The molecule has 2 bridgehead atoms.